The number of fused-ring (bicyclic) bond motifs is 1. The third-order valence-electron chi connectivity index (χ3n) is 6.80. The zero-order valence-corrected chi connectivity index (χ0v) is 23.2. The molecule has 0 spiro atoms. The lowest BCUT2D eigenvalue weighted by molar-refractivity contribution is -0.144. The number of anilines is 2. The van der Waals surface area contributed by atoms with Gasteiger partial charge in [-0.3, -0.25) is 4.79 Å². The molecule has 4 aromatic carbocycles. The fourth-order valence-corrected chi connectivity index (χ4v) is 5.00. The quantitative estimate of drug-likeness (QED) is 0.203. The first-order valence-corrected chi connectivity index (χ1v) is 13.4. The average Bonchev–Trinajstić information content (AvgIpc) is 3.25. The van der Waals surface area contributed by atoms with E-state index in [-0.39, 0.29) is 18.4 Å². The van der Waals surface area contributed by atoms with Crippen LogP contribution in [0.2, 0.25) is 5.02 Å². The standard InChI is InChI=1S/C32H28ClN3O5/c1-19(2)29(31(38)39)36-18-22-9-8-21(16-26(22)30(36)37)20-10-13-24(14-11-20)34-32(40)35-27-15-12-23(33)17-28(27)41-25-6-4-3-5-7-25/h3-17,19,29H,18H2,1-2H3,(H,38,39)(H2,34,35,40). The summed E-state index contributed by atoms with van der Waals surface area (Å²) in [6.45, 7) is 3.86. The molecule has 0 saturated carbocycles. The van der Waals surface area contributed by atoms with Crippen molar-refractivity contribution in [2.75, 3.05) is 10.6 Å². The van der Waals surface area contributed by atoms with Crippen molar-refractivity contribution >= 4 is 40.9 Å². The van der Waals surface area contributed by atoms with Gasteiger partial charge in [0.05, 0.1) is 5.69 Å². The van der Waals surface area contributed by atoms with Crippen LogP contribution in [0, 0.1) is 5.92 Å². The Bertz CT molecular complexity index is 1610. The number of hydrogen-bond acceptors (Lipinski definition) is 4. The van der Waals surface area contributed by atoms with Gasteiger partial charge in [0, 0.05) is 28.9 Å². The van der Waals surface area contributed by atoms with Crippen LogP contribution in [0.5, 0.6) is 11.5 Å². The zero-order chi connectivity index (χ0) is 29.1. The molecule has 1 aliphatic heterocycles. The predicted molar refractivity (Wildman–Crippen MR) is 159 cm³/mol. The van der Waals surface area contributed by atoms with E-state index in [0.717, 1.165) is 16.7 Å². The van der Waals surface area contributed by atoms with E-state index in [2.05, 4.69) is 10.6 Å². The molecule has 0 aliphatic carbocycles. The van der Waals surface area contributed by atoms with Crippen molar-refractivity contribution in [1.29, 1.82) is 0 Å². The maximum absolute atomic E-state index is 13.1. The third-order valence-corrected chi connectivity index (χ3v) is 7.04. The highest BCUT2D eigenvalue weighted by Gasteiger charge is 2.38. The summed E-state index contributed by atoms with van der Waals surface area (Å²) in [6, 6.07) is 25.6. The molecule has 0 saturated heterocycles. The number of ether oxygens (including phenoxy) is 1. The lowest BCUT2D eigenvalue weighted by Crippen LogP contribution is -2.44. The number of hydrogen-bond donors (Lipinski definition) is 3. The SMILES string of the molecule is CC(C)C(C(=O)O)N1Cc2ccc(-c3ccc(NC(=O)Nc4ccc(Cl)cc4Oc4ccccc4)cc3)cc2C1=O. The number of halogens is 1. The van der Waals surface area contributed by atoms with Gasteiger partial charge in [-0.25, -0.2) is 9.59 Å². The van der Waals surface area contributed by atoms with E-state index < -0.39 is 18.0 Å². The van der Waals surface area contributed by atoms with Crippen LogP contribution in [-0.2, 0) is 11.3 Å². The summed E-state index contributed by atoms with van der Waals surface area (Å²) in [7, 11) is 0. The van der Waals surface area contributed by atoms with Crippen molar-refractivity contribution in [3.8, 4) is 22.6 Å². The van der Waals surface area contributed by atoms with Crippen LogP contribution in [0.4, 0.5) is 16.2 Å². The topological polar surface area (TPSA) is 108 Å². The van der Waals surface area contributed by atoms with Crippen LogP contribution >= 0.6 is 11.6 Å². The molecule has 1 heterocycles. The summed E-state index contributed by atoms with van der Waals surface area (Å²) in [6.07, 6.45) is 0. The minimum absolute atomic E-state index is 0.217. The first-order chi connectivity index (χ1) is 19.7. The molecule has 41 heavy (non-hydrogen) atoms. The Balaban J connectivity index is 1.27. The highest BCUT2D eigenvalue weighted by atomic mass is 35.5. The number of carbonyl (C=O) groups excluding carboxylic acids is 2. The maximum atomic E-state index is 13.1. The van der Waals surface area contributed by atoms with Gasteiger partial charge in [-0.05, 0) is 65.1 Å². The molecule has 1 aliphatic rings. The van der Waals surface area contributed by atoms with Gasteiger partial charge in [-0.1, -0.05) is 67.9 Å². The molecule has 3 amide bonds. The fourth-order valence-electron chi connectivity index (χ4n) is 4.84. The van der Waals surface area contributed by atoms with E-state index in [1.54, 1.807) is 62.4 Å². The molecule has 9 heteroatoms. The minimum Gasteiger partial charge on any atom is -0.480 e. The second kappa shape index (κ2) is 11.7. The highest BCUT2D eigenvalue weighted by molar-refractivity contribution is 6.30. The van der Waals surface area contributed by atoms with E-state index in [1.807, 2.05) is 42.5 Å². The van der Waals surface area contributed by atoms with Crippen LogP contribution in [0.1, 0.15) is 29.8 Å². The Morgan fingerprint density at radius 1 is 0.902 bits per heavy atom. The molecule has 8 nitrogen and oxygen atoms in total. The molecule has 1 atom stereocenters. The number of carbonyl (C=O) groups is 3. The number of carboxylic acid groups (broad SMARTS) is 1. The van der Waals surface area contributed by atoms with Crippen molar-refractivity contribution in [1.82, 2.24) is 4.90 Å². The van der Waals surface area contributed by atoms with Crippen LogP contribution in [-0.4, -0.2) is 34.0 Å². The zero-order valence-electron chi connectivity index (χ0n) is 22.4. The van der Waals surface area contributed by atoms with Crippen molar-refractivity contribution in [3.63, 3.8) is 0 Å². The van der Waals surface area contributed by atoms with Gasteiger partial charge in [0.25, 0.3) is 5.91 Å². The summed E-state index contributed by atoms with van der Waals surface area (Å²) in [4.78, 5) is 39.1. The Morgan fingerprint density at radius 2 is 1.61 bits per heavy atom. The van der Waals surface area contributed by atoms with Crippen molar-refractivity contribution < 1.29 is 24.2 Å². The molecule has 0 fully saturated rings. The Labute approximate surface area is 242 Å². The lowest BCUT2D eigenvalue weighted by atomic mass is 10.00. The molecule has 208 valence electrons. The lowest BCUT2D eigenvalue weighted by Gasteiger charge is -2.27. The molecule has 5 rings (SSSR count). The first-order valence-electron chi connectivity index (χ1n) is 13.1. The van der Waals surface area contributed by atoms with Gasteiger partial charge in [-0.2, -0.15) is 0 Å². The van der Waals surface area contributed by atoms with Crippen LogP contribution < -0.4 is 15.4 Å². The monoisotopic (exact) mass is 569 g/mol. The van der Waals surface area contributed by atoms with Crippen LogP contribution in [0.25, 0.3) is 11.1 Å². The second-order valence-corrected chi connectivity index (χ2v) is 10.5. The average molecular weight is 570 g/mol. The second-order valence-electron chi connectivity index (χ2n) is 10.0. The van der Waals surface area contributed by atoms with Gasteiger partial charge < -0.3 is 25.4 Å². The fraction of sp³-hybridized carbons (Fsp3) is 0.156. The van der Waals surface area contributed by atoms with E-state index in [9.17, 15) is 19.5 Å². The minimum atomic E-state index is -1.01. The van der Waals surface area contributed by atoms with E-state index in [4.69, 9.17) is 16.3 Å². The smallest absolute Gasteiger partial charge is 0.326 e. The van der Waals surface area contributed by atoms with Crippen LogP contribution in [0.3, 0.4) is 0 Å². The van der Waals surface area contributed by atoms with Gasteiger partial charge >= 0.3 is 12.0 Å². The molecular formula is C32H28ClN3O5. The predicted octanol–water partition coefficient (Wildman–Crippen LogP) is 7.51. The van der Waals surface area contributed by atoms with Gasteiger partial charge in [0.2, 0.25) is 0 Å². The Hall–Kier alpha value is -4.82. The van der Waals surface area contributed by atoms with Gasteiger partial charge in [-0.15, -0.1) is 0 Å². The number of para-hydroxylation sites is 1. The van der Waals surface area contributed by atoms with Gasteiger partial charge in [0.1, 0.15) is 11.8 Å². The molecule has 4 aromatic rings. The number of aliphatic carboxylic acids is 1. The largest absolute Gasteiger partial charge is 0.480 e. The third kappa shape index (κ3) is 6.18. The summed E-state index contributed by atoms with van der Waals surface area (Å²) in [5.74, 6) is -0.497. The summed E-state index contributed by atoms with van der Waals surface area (Å²) >= 11 is 6.15. The Kier molecular flexibility index (Phi) is 7.94. The number of amides is 3. The molecular weight excluding hydrogens is 542 g/mol. The summed E-state index contributed by atoms with van der Waals surface area (Å²) < 4.78 is 5.91. The normalized spacial score (nSPS) is 13.1. The molecule has 0 radical (unpaired) electrons. The first kappa shape index (κ1) is 27.7. The number of carboxylic acids is 1. The van der Waals surface area contributed by atoms with E-state index in [1.165, 1.54) is 4.90 Å². The number of benzene rings is 4. The maximum Gasteiger partial charge on any atom is 0.326 e. The highest BCUT2D eigenvalue weighted by Crippen LogP contribution is 2.33. The van der Waals surface area contributed by atoms with E-state index in [0.29, 0.717) is 33.5 Å². The summed E-state index contributed by atoms with van der Waals surface area (Å²) in [5, 5.41) is 15.7. The molecule has 1 unspecified atom stereocenters. The van der Waals surface area contributed by atoms with Crippen LogP contribution in [0.15, 0.2) is 91.0 Å². The van der Waals surface area contributed by atoms with Crippen molar-refractivity contribution in [2.24, 2.45) is 5.92 Å². The van der Waals surface area contributed by atoms with Crippen molar-refractivity contribution in [3.05, 3.63) is 107 Å². The number of nitrogens with one attached hydrogen (secondary N) is 2. The number of rotatable bonds is 8. The molecule has 3 N–H and O–H groups in total. The van der Waals surface area contributed by atoms with Gasteiger partial charge in [0.15, 0.2) is 5.75 Å². The Morgan fingerprint density at radius 3 is 2.29 bits per heavy atom. The molecule has 0 bridgehead atoms. The van der Waals surface area contributed by atoms with Crippen molar-refractivity contribution in [2.45, 2.75) is 26.4 Å². The number of nitrogens with zero attached hydrogens (tertiary/aromatic N) is 1. The number of urea groups is 1. The van der Waals surface area contributed by atoms with E-state index >= 15 is 0 Å². The molecule has 0 aromatic heterocycles. The summed E-state index contributed by atoms with van der Waals surface area (Å²) in [5.41, 5.74) is 3.99.